The smallest absolute Gasteiger partial charge is 0.311 e. The molecule has 6 heteroatoms. The summed E-state index contributed by atoms with van der Waals surface area (Å²) in [6.45, 7) is 10.0. The molecule has 3 nitrogen and oxygen atoms in total. The molecule has 1 N–H and O–H groups in total. The molecular weight excluding hydrogens is 305 g/mol. The van der Waals surface area contributed by atoms with Crippen LogP contribution in [0.1, 0.15) is 63.4 Å². The maximum atomic E-state index is 12.4. The summed E-state index contributed by atoms with van der Waals surface area (Å²) in [7, 11) is 1.47. The fourth-order valence-electron chi connectivity index (χ4n) is 1.13. The summed E-state index contributed by atoms with van der Waals surface area (Å²) in [5, 5.41) is 2.37. The number of nitrogens with zero attached hydrogens (tertiary/aromatic N) is 1. The van der Waals surface area contributed by atoms with Crippen LogP contribution in [0.4, 0.5) is 13.2 Å². The molecule has 0 unspecified atom stereocenters. The third-order valence-electron chi connectivity index (χ3n) is 2.08. The van der Waals surface area contributed by atoms with Gasteiger partial charge in [0.1, 0.15) is 0 Å². The van der Waals surface area contributed by atoms with Crippen molar-refractivity contribution in [2.45, 2.75) is 53.6 Å². The van der Waals surface area contributed by atoms with Gasteiger partial charge in [-0.25, -0.2) is 0 Å². The van der Waals surface area contributed by atoms with Crippen LogP contribution in [0.2, 0.25) is 0 Å². The lowest BCUT2D eigenvalue weighted by molar-refractivity contribution is -0.137. The molecule has 1 aromatic carbocycles. The molecule has 0 heterocycles. The first-order valence-corrected chi connectivity index (χ1v) is 7.59. The molecular formula is C17H27F3N2O. The number of amides is 1. The van der Waals surface area contributed by atoms with Gasteiger partial charge in [0, 0.05) is 12.6 Å². The van der Waals surface area contributed by atoms with E-state index in [2.05, 4.69) is 38.0 Å². The van der Waals surface area contributed by atoms with Gasteiger partial charge < -0.3 is 5.32 Å². The summed E-state index contributed by atoms with van der Waals surface area (Å²) in [6.07, 6.45) is -1.95. The highest BCUT2D eigenvalue weighted by Gasteiger charge is 2.30. The Morgan fingerprint density at radius 1 is 1.13 bits per heavy atom. The molecule has 0 bridgehead atoms. The molecule has 1 aromatic rings. The highest BCUT2D eigenvalue weighted by atomic mass is 19.4. The molecule has 0 spiro atoms. The lowest BCUT2D eigenvalue weighted by atomic mass is 10.1. The van der Waals surface area contributed by atoms with Crippen molar-refractivity contribution in [3.63, 3.8) is 0 Å². The maximum absolute atomic E-state index is 12.4. The van der Waals surface area contributed by atoms with Gasteiger partial charge in [0.25, 0.3) is 5.91 Å². The third kappa shape index (κ3) is 11.4. The number of alkyl halides is 3. The van der Waals surface area contributed by atoms with Crippen molar-refractivity contribution in [2.24, 2.45) is 4.99 Å². The van der Waals surface area contributed by atoms with Crippen LogP contribution in [0, 0.1) is 0 Å². The molecule has 1 rings (SSSR count). The molecule has 1 amide bonds. The Labute approximate surface area is 137 Å². The van der Waals surface area contributed by atoms with E-state index in [1.54, 1.807) is 6.92 Å². The summed E-state index contributed by atoms with van der Waals surface area (Å²) < 4.78 is 37.2. The van der Waals surface area contributed by atoms with E-state index >= 15 is 0 Å². The SMILES string of the molecule is CCC.CCC.CN=C(C)NC(=O)c1cccc(C(F)(F)F)c1. The Balaban J connectivity index is 0. The molecule has 0 saturated carbocycles. The van der Waals surface area contributed by atoms with Gasteiger partial charge in [0.05, 0.1) is 11.4 Å². The van der Waals surface area contributed by atoms with Gasteiger partial charge in [-0.2, -0.15) is 13.2 Å². The van der Waals surface area contributed by atoms with Crippen LogP contribution in [0.5, 0.6) is 0 Å². The van der Waals surface area contributed by atoms with Crippen molar-refractivity contribution in [2.75, 3.05) is 7.05 Å². The number of hydrogen-bond donors (Lipinski definition) is 1. The van der Waals surface area contributed by atoms with Crippen LogP contribution in [-0.2, 0) is 6.18 Å². The zero-order valence-electron chi connectivity index (χ0n) is 14.7. The second kappa shape index (κ2) is 12.7. The lowest BCUT2D eigenvalue weighted by Gasteiger charge is -2.08. The van der Waals surface area contributed by atoms with Crippen molar-refractivity contribution in [1.82, 2.24) is 5.32 Å². The molecule has 0 aliphatic rings. The van der Waals surface area contributed by atoms with Gasteiger partial charge in [-0.05, 0) is 25.1 Å². The number of carbonyl (C=O) groups excluding carboxylic acids is 1. The summed E-state index contributed by atoms with van der Waals surface area (Å²) in [5.41, 5.74) is -0.904. The average molecular weight is 332 g/mol. The standard InChI is InChI=1S/C11H11F3N2O.2C3H8/c1-7(15-2)16-10(17)8-4-3-5-9(6-8)11(12,13)14;2*1-3-2/h3-6H,1-2H3,(H,15,16,17);2*3H2,1-2H3. The molecule has 0 aliphatic carbocycles. The van der Waals surface area contributed by atoms with Crippen LogP contribution in [-0.4, -0.2) is 18.8 Å². The monoisotopic (exact) mass is 332 g/mol. The average Bonchev–Trinajstić information content (AvgIpc) is 2.48. The Bertz CT molecular complexity index is 481. The van der Waals surface area contributed by atoms with Crippen molar-refractivity contribution in [3.05, 3.63) is 35.4 Å². The molecule has 132 valence electrons. The minimum Gasteiger partial charge on any atom is -0.311 e. The van der Waals surface area contributed by atoms with Gasteiger partial charge in [-0.15, -0.1) is 0 Å². The third-order valence-corrected chi connectivity index (χ3v) is 2.08. The number of halogens is 3. The molecule has 23 heavy (non-hydrogen) atoms. The van der Waals surface area contributed by atoms with Gasteiger partial charge in [0.2, 0.25) is 0 Å². The fourth-order valence-corrected chi connectivity index (χ4v) is 1.13. The number of rotatable bonds is 1. The van der Waals surface area contributed by atoms with Crippen LogP contribution >= 0.6 is 0 Å². The Kier molecular flexibility index (Phi) is 12.9. The van der Waals surface area contributed by atoms with Crippen molar-refractivity contribution >= 4 is 11.7 Å². The van der Waals surface area contributed by atoms with Gasteiger partial charge >= 0.3 is 6.18 Å². The summed E-state index contributed by atoms with van der Waals surface area (Å²) in [4.78, 5) is 15.2. The number of carbonyl (C=O) groups is 1. The number of amidine groups is 1. The van der Waals surface area contributed by atoms with E-state index in [4.69, 9.17) is 0 Å². The van der Waals surface area contributed by atoms with E-state index in [0.29, 0.717) is 5.84 Å². The second-order valence-electron chi connectivity index (χ2n) is 4.76. The maximum Gasteiger partial charge on any atom is 0.416 e. The van der Waals surface area contributed by atoms with Crippen molar-refractivity contribution < 1.29 is 18.0 Å². The number of nitrogens with one attached hydrogen (secondary N) is 1. The first-order chi connectivity index (χ1) is 10.7. The van der Waals surface area contributed by atoms with E-state index in [-0.39, 0.29) is 5.56 Å². The van der Waals surface area contributed by atoms with E-state index in [1.165, 1.54) is 32.0 Å². The molecule has 0 fully saturated rings. The highest BCUT2D eigenvalue weighted by Crippen LogP contribution is 2.29. The molecule has 0 saturated heterocycles. The molecule has 0 radical (unpaired) electrons. The Morgan fingerprint density at radius 3 is 2.00 bits per heavy atom. The molecule has 0 aromatic heterocycles. The van der Waals surface area contributed by atoms with E-state index in [0.717, 1.165) is 12.1 Å². The Morgan fingerprint density at radius 2 is 1.61 bits per heavy atom. The Hall–Kier alpha value is -1.85. The van der Waals surface area contributed by atoms with E-state index in [1.807, 2.05) is 0 Å². The van der Waals surface area contributed by atoms with Crippen molar-refractivity contribution in [1.29, 1.82) is 0 Å². The first kappa shape index (κ1) is 23.4. The number of hydrogen-bond acceptors (Lipinski definition) is 2. The predicted molar refractivity (Wildman–Crippen MR) is 89.9 cm³/mol. The highest BCUT2D eigenvalue weighted by molar-refractivity contribution is 6.05. The zero-order valence-corrected chi connectivity index (χ0v) is 14.7. The van der Waals surface area contributed by atoms with Gasteiger partial charge in [-0.3, -0.25) is 9.79 Å². The van der Waals surface area contributed by atoms with Crippen LogP contribution in [0.3, 0.4) is 0 Å². The fraction of sp³-hybridized carbons (Fsp3) is 0.529. The molecule has 0 aliphatic heterocycles. The van der Waals surface area contributed by atoms with Gasteiger partial charge in [-0.1, -0.05) is 46.6 Å². The lowest BCUT2D eigenvalue weighted by Crippen LogP contribution is -2.28. The summed E-state index contributed by atoms with van der Waals surface area (Å²) in [6, 6.07) is 4.22. The van der Waals surface area contributed by atoms with E-state index in [9.17, 15) is 18.0 Å². The van der Waals surface area contributed by atoms with Crippen molar-refractivity contribution in [3.8, 4) is 0 Å². The number of benzene rings is 1. The minimum absolute atomic E-state index is 0.0529. The van der Waals surface area contributed by atoms with E-state index < -0.39 is 17.6 Å². The van der Waals surface area contributed by atoms with Crippen LogP contribution in [0.25, 0.3) is 0 Å². The quantitative estimate of drug-likeness (QED) is 0.549. The zero-order chi connectivity index (χ0) is 18.5. The summed E-state index contributed by atoms with van der Waals surface area (Å²) >= 11 is 0. The normalized spacial score (nSPS) is 10.7. The first-order valence-electron chi connectivity index (χ1n) is 7.59. The topological polar surface area (TPSA) is 41.5 Å². The number of aliphatic imine (C=N–C) groups is 1. The predicted octanol–water partition coefficient (Wildman–Crippen LogP) is 5.32. The second-order valence-corrected chi connectivity index (χ2v) is 4.76. The minimum atomic E-state index is -4.45. The largest absolute Gasteiger partial charge is 0.416 e. The summed E-state index contributed by atoms with van der Waals surface area (Å²) in [5.74, 6) is -0.272. The van der Waals surface area contributed by atoms with Gasteiger partial charge in [0.15, 0.2) is 0 Å². The van der Waals surface area contributed by atoms with Crippen LogP contribution < -0.4 is 5.32 Å². The van der Waals surface area contributed by atoms with Crippen LogP contribution in [0.15, 0.2) is 29.3 Å². The molecule has 0 atom stereocenters.